The number of thioether (sulfide) groups is 1. The molecule has 1 aliphatic rings. The molecular weight excluding hydrogens is 119 g/mol. The molecule has 0 bridgehead atoms. The van der Waals surface area contributed by atoms with Crippen molar-refractivity contribution >= 4 is 20.2 Å². The van der Waals surface area contributed by atoms with E-state index >= 15 is 0 Å². The van der Waals surface area contributed by atoms with Gasteiger partial charge in [-0.3, -0.25) is 0 Å². The van der Waals surface area contributed by atoms with Gasteiger partial charge in [0.1, 0.15) is 0 Å². The van der Waals surface area contributed by atoms with Crippen LogP contribution in [0.5, 0.6) is 0 Å². The average Bonchev–Trinajstić information content (AvgIpc) is 1.69. The standard InChI is InChI=1S/C5H10OS.BH3/c1-5-4-7-3-2-6-5;/h5H,2-4H2,1H3;1H3. The maximum absolute atomic E-state index is 5.26. The highest BCUT2D eigenvalue weighted by atomic mass is 32.2. The maximum Gasteiger partial charge on any atom is 0.0814 e. The van der Waals surface area contributed by atoms with E-state index in [0.29, 0.717) is 6.10 Å². The SMILES string of the molecule is B.CC1CSCCO1. The van der Waals surface area contributed by atoms with E-state index in [-0.39, 0.29) is 8.41 Å². The Morgan fingerprint density at radius 1 is 1.62 bits per heavy atom. The Kier molecular flexibility index (Phi) is 4.47. The van der Waals surface area contributed by atoms with Gasteiger partial charge in [-0.15, -0.1) is 0 Å². The van der Waals surface area contributed by atoms with Crippen LogP contribution in [0.25, 0.3) is 0 Å². The Labute approximate surface area is 56.8 Å². The molecule has 1 unspecified atom stereocenters. The van der Waals surface area contributed by atoms with E-state index in [4.69, 9.17) is 4.74 Å². The van der Waals surface area contributed by atoms with Gasteiger partial charge in [-0.25, -0.2) is 0 Å². The van der Waals surface area contributed by atoms with Gasteiger partial charge in [-0.2, -0.15) is 11.8 Å². The third-order valence-electron chi connectivity index (χ3n) is 0.983. The zero-order valence-corrected chi connectivity index (χ0v) is 5.33. The monoisotopic (exact) mass is 132 g/mol. The largest absolute Gasteiger partial charge is 0.377 e. The fourth-order valence-electron chi connectivity index (χ4n) is 0.606. The molecule has 0 aromatic carbocycles. The Morgan fingerprint density at radius 3 is 2.62 bits per heavy atom. The van der Waals surface area contributed by atoms with Gasteiger partial charge in [0.25, 0.3) is 0 Å². The van der Waals surface area contributed by atoms with Crippen LogP contribution in [0, 0.1) is 0 Å². The Bertz CT molecular complexity index is 54.4. The summed E-state index contributed by atoms with van der Waals surface area (Å²) in [6.07, 6.45) is 0.499. The van der Waals surface area contributed by atoms with Crippen molar-refractivity contribution in [2.75, 3.05) is 18.1 Å². The lowest BCUT2D eigenvalue weighted by Crippen LogP contribution is -2.18. The summed E-state index contributed by atoms with van der Waals surface area (Å²) >= 11 is 1.98. The normalized spacial score (nSPS) is 28.9. The fourth-order valence-corrected chi connectivity index (χ4v) is 1.41. The van der Waals surface area contributed by atoms with Crippen LogP contribution < -0.4 is 0 Å². The van der Waals surface area contributed by atoms with Gasteiger partial charge < -0.3 is 4.74 Å². The van der Waals surface area contributed by atoms with Crippen LogP contribution >= 0.6 is 11.8 Å². The Balaban J connectivity index is 0.000000490. The van der Waals surface area contributed by atoms with Crippen LogP contribution in [0.4, 0.5) is 0 Å². The first kappa shape index (κ1) is 8.37. The summed E-state index contributed by atoms with van der Waals surface area (Å²) in [5.41, 5.74) is 0. The van der Waals surface area contributed by atoms with Gasteiger partial charge in [-0.1, -0.05) is 0 Å². The third-order valence-corrected chi connectivity index (χ3v) is 2.14. The van der Waals surface area contributed by atoms with Crippen molar-refractivity contribution in [3.63, 3.8) is 0 Å². The predicted molar refractivity (Wildman–Crippen MR) is 42.7 cm³/mol. The third kappa shape index (κ3) is 2.63. The first-order valence-electron chi connectivity index (χ1n) is 2.59. The fraction of sp³-hybridized carbons (Fsp3) is 1.00. The summed E-state index contributed by atoms with van der Waals surface area (Å²) < 4.78 is 5.26. The van der Waals surface area contributed by atoms with E-state index in [2.05, 4.69) is 6.92 Å². The molecule has 1 rings (SSSR count). The zero-order chi connectivity index (χ0) is 5.11. The molecule has 1 atom stereocenters. The quantitative estimate of drug-likeness (QED) is 0.427. The van der Waals surface area contributed by atoms with Gasteiger partial charge in [0.05, 0.1) is 21.1 Å². The van der Waals surface area contributed by atoms with Crippen molar-refractivity contribution < 1.29 is 4.74 Å². The molecule has 1 aliphatic heterocycles. The Hall–Kier alpha value is 0.375. The van der Waals surface area contributed by atoms with Crippen molar-refractivity contribution in [1.82, 2.24) is 0 Å². The lowest BCUT2D eigenvalue weighted by molar-refractivity contribution is 0.0892. The molecule has 0 aromatic heterocycles. The van der Waals surface area contributed by atoms with Crippen molar-refractivity contribution in [3.05, 3.63) is 0 Å². The van der Waals surface area contributed by atoms with Crippen LogP contribution in [0.2, 0.25) is 0 Å². The predicted octanol–water partition coefficient (Wildman–Crippen LogP) is -0.0456. The number of hydrogen-bond donors (Lipinski definition) is 0. The number of rotatable bonds is 0. The molecule has 1 fully saturated rings. The summed E-state index contributed by atoms with van der Waals surface area (Å²) in [6, 6.07) is 0. The molecule has 0 aromatic rings. The topological polar surface area (TPSA) is 9.23 Å². The highest BCUT2D eigenvalue weighted by Crippen LogP contribution is 2.10. The second-order valence-corrected chi connectivity index (χ2v) is 2.91. The molecule has 0 saturated carbocycles. The van der Waals surface area contributed by atoms with Gasteiger partial charge >= 0.3 is 0 Å². The molecule has 0 radical (unpaired) electrons. The van der Waals surface area contributed by atoms with Crippen LogP contribution in [0.15, 0.2) is 0 Å². The zero-order valence-electron chi connectivity index (χ0n) is 4.52. The van der Waals surface area contributed by atoms with E-state index < -0.39 is 0 Å². The van der Waals surface area contributed by atoms with E-state index in [1.54, 1.807) is 0 Å². The van der Waals surface area contributed by atoms with Crippen molar-refractivity contribution in [2.45, 2.75) is 13.0 Å². The molecule has 0 aliphatic carbocycles. The minimum absolute atomic E-state index is 0. The molecule has 8 heavy (non-hydrogen) atoms. The number of hydrogen-bond acceptors (Lipinski definition) is 2. The average molecular weight is 132 g/mol. The maximum atomic E-state index is 5.26. The minimum Gasteiger partial charge on any atom is -0.377 e. The summed E-state index contributed by atoms with van der Waals surface area (Å²) in [4.78, 5) is 0. The van der Waals surface area contributed by atoms with Gasteiger partial charge in [0, 0.05) is 11.5 Å². The van der Waals surface area contributed by atoms with Crippen molar-refractivity contribution in [2.24, 2.45) is 0 Å². The van der Waals surface area contributed by atoms with E-state index in [1.807, 2.05) is 11.8 Å². The molecule has 0 N–H and O–H groups in total. The van der Waals surface area contributed by atoms with Crippen LogP contribution in [0.3, 0.4) is 0 Å². The molecule has 1 heterocycles. The molecule has 0 spiro atoms. The van der Waals surface area contributed by atoms with Gasteiger partial charge in [-0.05, 0) is 6.92 Å². The second-order valence-electron chi connectivity index (χ2n) is 1.76. The van der Waals surface area contributed by atoms with Crippen molar-refractivity contribution in [3.8, 4) is 0 Å². The lowest BCUT2D eigenvalue weighted by Gasteiger charge is -2.17. The first-order chi connectivity index (χ1) is 3.39. The van der Waals surface area contributed by atoms with Crippen LogP contribution in [-0.2, 0) is 4.74 Å². The highest BCUT2D eigenvalue weighted by molar-refractivity contribution is 7.99. The Morgan fingerprint density at radius 2 is 2.38 bits per heavy atom. The summed E-state index contributed by atoms with van der Waals surface area (Å²) in [7, 11) is 0. The molecular formula is C5H13BOS. The highest BCUT2D eigenvalue weighted by Gasteiger charge is 2.06. The first-order valence-corrected chi connectivity index (χ1v) is 3.74. The van der Waals surface area contributed by atoms with Crippen LogP contribution in [0.1, 0.15) is 6.92 Å². The smallest absolute Gasteiger partial charge is 0.0814 e. The molecule has 1 nitrogen and oxygen atoms in total. The summed E-state index contributed by atoms with van der Waals surface area (Å²) in [5.74, 6) is 2.37. The van der Waals surface area contributed by atoms with Gasteiger partial charge in [0.2, 0.25) is 0 Å². The molecule has 48 valence electrons. The summed E-state index contributed by atoms with van der Waals surface area (Å²) in [5, 5.41) is 0. The van der Waals surface area contributed by atoms with Gasteiger partial charge in [0.15, 0.2) is 0 Å². The molecule has 3 heteroatoms. The van der Waals surface area contributed by atoms with Crippen LogP contribution in [-0.4, -0.2) is 32.6 Å². The lowest BCUT2D eigenvalue weighted by atomic mass is 10.5. The van der Waals surface area contributed by atoms with E-state index in [9.17, 15) is 0 Å². The second kappa shape index (κ2) is 4.27. The molecule has 0 amide bonds. The minimum atomic E-state index is 0. The summed E-state index contributed by atoms with van der Waals surface area (Å²) in [6.45, 7) is 3.07. The van der Waals surface area contributed by atoms with Crippen molar-refractivity contribution in [1.29, 1.82) is 0 Å². The van der Waals surface area contributed by atoms with E-state index in [1.165, 1.54) is 11.5 Å². The van der Waals surface area contributed by atoms with E-state index in [0.717, 1.165) is 6.61 Å². The number of ether oxygens (including phenoxy) is 1. The molecule has 1 saturated heterocycles.